The lowest BCUT2D eigenvalue weighted by molar-refractivity contribution is -0.141. The zero-order valence-electron chi connectivity index (χ0n) is 17.5. The van der Waals surface area contributed by atoms with Gasteiger partial charge in [0.15, 0.2) is 0 Å². The van der Waals surface area contributed by atoms with Crippen LogP contribution in [0.2, 0.25) is 0 Å². The topological polar surface area (TPSA) is 81.8 Å². The first-order valence-electron chi connectivity index (χ1n) is 10.2. The minimum absolute atomic E-state index is 0. The van der Waals surface area contributed by atoms with Crippen LogP contribution < -0.4 is 10.6 Å². The summed E-state index contributed by atoms with van der Waals surface area (Å²) in [6.07, 6.45) is 4.39. The minimum Gasteiger partial charge on any atom is -0.341 e. The highest BCUT2D eigenvalue weighted by molar-refractivity contribution is 6.09. The van der Waals surface area contributed by atoms with Gasteiger partial charge in [-0.25, -0.2) is 4.79 Å². The van der Waals surface area contributed by atoms with Crippen LogP contribution in [0.25, 0.3) is 0 Å². The molecule has 28 heavy (non-hydrogen) atoms. The van der Waals surface area contributed by atoms with Gasteiger partial charge < -0.3 is 15.5 Å². The van der Waals surface area contributed by atoms with Crippen LogP contribution in [-0.2, 0) is 9.59 Å². The molecule has 0 radical (unpaired) electrons. The molecule has 160 valence electrons. The lowest BCUT2D eigenvalue weighted by atomic mass is 9.64. The SMILES string of the molecule is CNCC1CCCN(C(=O)CN2C(=O)NC3(CC(C)CC(C)(C)C3)C2=O)C1.Cl. The van der Waals surface area contributed by atoms with E-state index >= 15 is 0 Å². The van der Waals surface area contributed by atoms with Crippen LogP contribution in [0.5, 0.6) is 0 Å². The molecule has 4 amide bonds. The van der Waals surface area contributed by atoms with Gasteiger partial charge in [0, 0.05) is 13.1 Å². The van der Waals surface area contributed by atoms with Crippen molar-refractivity contribution in [3.63, 3.8) is 0 Å². The Balaban J connectivity index is 0.00000280. The number of rotatable bonds is 4. The molecule has 2 heterocycles. The van der Waals surface area contributed by atoms with E-state index in [-0.39, 0.29) is 36.2 Å². The lowest BCUT2D eigenvalue weighted by Crippen LogP contribution is -2.54. The number of carbonyl (C=O) groups excluding carboxylic acids is 3. The first kappa shape index (κ1) is 22.9. The van der Waals surface area contributed by atoms with Crippen LogP contribution in [0.15, 0.2) is 0 Å². The predicted octanol–water partition coefficient (Wildman–Crippen LogP) is 2.00. The third-order valence-corrected chi connectivity index (χ3v) is 6.28. The fraction of sp³-hybridized carbons (Fsp3) is 0.850. The van der Waals surface area contributed by atoms with Crippen LogP contribution in [0, 0.1) is 17.3 Å². The van der Waals surface area contributed by atoms with E-state index in [2.05, 4.69) is 31.4 Å². The van der Waals surface area contributed by atoms with Crippen LogP contribution in [0.3, 0.4) is 0 Å². The van der Waals surface area contributed by atoms with E-state index < -0.39 is 11.6 Å². The number of hydrogen-bond donors (Lipinski definition) is 2. The second kappa shape index (κ2) is 8.57. The highest BCUT2D eigenvalue weighted by Crippen LogP contribution is 2.46. The van der Waals surface area contributed by atoms with Gasteiger partial charge in [-0.2, -0.15) is 0 Å². The number of urea groups is 1. The van der Waals surface area contributed by atoms with E-state index in [4.69, 9.17) is 0 Å². The molecule has 0 aromatic rings. The number of nitrogens with one attached hydrogen (secondary N) is 2. The van der Waals surface area contributed by atoms with Crippen LogP contribution >= 0.6 is 12.4 Å². The Kier molecular flexibility index (Phi) is 7.03. The summed E-state index contributed by atoms with van der Waals surface area (Å²) in [5.41, 5.74) is -0.844. The Labute approximate surface area is 174 Å². The molecule has 0 aromatic carbocycles. The normalized spacial score (nSPS) is 32.3. The summed E-state index contributed by atoms with van der Waals surface area (Å²) in [5, 5.41) is 6.12. The van der Waals surface area contributed by atoms with Gasteiger partial charge in [-0.05, 0) is 62.9 Å². The van der Waals surface area contributed by atoms with E-state index in [1.165, 1.54) is 0 Å². The Morgan fingerprint density at radius 3 is 2.64 bits per heavy atom. The number of halogens is 1. The highest BCUT2D eigenvalue weighted by Gasteiger charge is 2.56. The van der Waals surface area contributed by atoms with Gasteiger partial charge in [-0.15, -0.1) is 12.4 Å². The molecule has 2 saturated heterocycles. The van der Waals surface area contributed by atoms with Crippen molar-refractivity contribution >= 4 is 30.3 Å². The maximum absolute atomic E-state index is 13.2. The van der Waals surface area contributed by atoms with Crippen molar-refractivity contribution in [3.05, 3.63) is 0 Å². The fourth-order valence-corrected chi connectivity index (χ4v) is 5.63. The van der Waals surface area contributed by atoms with Crippen molar-refractivity contribution in [1.82, 2.24) is 20.4 Å². The highest BCUT2D eigenvalue weighted by atomic mass is 35.5. The van der Waals surface area contributed by atoms with E-state index in [0.717, 1.165) is 30.7 Å². The summed E-state index contributed by atoms with van der Waals surface area (Å²) in [5.74, 6) is 0.448. The second-order valence-electron chi connectivity index (χ2n) is 9.66. The summed E-state index contributed by atoms with van der Waals surface area (Å²) >= 11 is 0. The van der Waals surface area contributed by atoms with Crippen molar-refractivity contribution in [1.29, 1.82) is 0 Å². The molecule has 7 nitrogen and oxygen atoms in total. The minimum atomic E-state index is -0.838. The molecule has 0 bridgehead atoms. The van der Waals surface area contributed by atoms with Gasteiger partial charge in [0.25, 0.3) is 5.91 Å². The van der Waals surface area contributed by atoms with E-state index in [1.54, 1.807) is 0 Å². The molecule has 3 fully saturated rings. The van der Waals surface area contributed by atoms with E-state index in [9.17, 15) is 14.4 Å². The predicted molar refractivity (Wildman–Crippen MR) is 110 cm³/mol. The molecule has 1 aliphatic carbocycles. The molecule has 3 unspecified atom stereocenters. The molecular weight excluding hydrogens is 380 g/mol. The van der Waals surface area contributed by atoms with Gasteiger partial charge in [-0.1, -0.05) is 20.8 Å². The van der Waals surface area contributed by atoms with E-state index in [0.29, 0.717) is 37.8 Å². The number of likely N-dealkylation sites (tertiary alicyclic amines) is 1. The molecular formula is C20H35ClN4O3. The first-order chi connectivity index (χ1) is 12.7. The zero-order valence-corrected chi connectivity index (χ0v) is 18.4. The van der Waals surface area contributed by atoms with Gasteiger partial charge in [0.2, 0.25) is 5.91 Å². The number of piperidine rings is 1. The summed E-state index contributed by atoms with van der Waals surface area (Å²) in [4.78, 5) is 41.5. The van der Waals surface area contributed by atoms with Gasteiger partial charge in [-0.3, -0.25) is 14.5 Å². The van der Waals surface area contributed by atoms with Crippen LogP contribution in [0.4, 0.5) is 4.79 Å². The maximum Gasteiger partial charge on any atom is 0.325 e. The quantitative estimate of drug-likeness (QED) is 0.689. The standard InChI is InChI=1S/C20H34N4O3.ClH/c1-14-8-19(2,3)13-20(9-14)17(26)24(18(27)22-20)12-16(25)23-7-5-6-15(11-23)10-21-4;/h14-15,21H,5-13H2,1-4H3,(H,22,27);1H. The average molecular weight is 415 g/mol. The average Bonchev–Trinajstić information content (AvgIpc) is 2.77. The fourth-order valence-electron chi connectivity index (χ4n) is 5.63. The van der Waals surface area contributed by atoms with Crippen molar-refractivity contribution in [2.24, 2.45) is 17.3 Å². The smallest absolute Gasteiger partial charge is 0.325 e. The van der Waals surface area contributed by atoms with Gasteiger partial charge >= 0.3 is 6.03 Å². The summed E-state index contributed by atoms with van der Waals surface area (Å²) in [7, 11) is 1.92. The van der Waals surface area contributed by atoms with Gasteiger partial charge in [0.1, 0.15) is 12.1 Å². The first-order valence-corrected chi connectivity index (χ1v) is 10.2. The van der Waals surface area contributed by atoms with Gasteiger partial charge in [0.05, 0.1) is 0 Å². The number of hydrogen-bond acceptors (Lipinski definition) is 4. The number of nitrogens with zero attached hydrogens (tertiary/aromatic N) is 2. The second-order valence-corrected chi connectivity index (χ2v) is 9.66. The van der Waals surface area contributed by atoms with Crippen LogP contribution in [0.1, 0.15) is 52.9 Å². The zero-order chi connectivity index (χ0) is 19.8. The molecule has 1 spiro atoms. The molecule has 2 N–H and O–H groups in total. The molecule has 1 saturated carbocycles. The van der Waals surface area contributed by atoms with E-state index in [1.807, 2.05) is 11.9 Å². The molecule has 0 aromatic heterocycles. The summed E-state index contributed by atoms with van der Waals surface area (Å²) in [6, 6.07) is -0.415. The van der Waals surface area contributed by atoms with Crippen molar-refractivity contribution in [2.75, 3.05) is 33.2 Å². The van der Waals surface area contributed by atoms with Crippen molar-refractivity contribution < 1.29 is 14.4 Å². The molecule has 2 aliphatic heterocycles. The molecule has 3 rings (SSSR count). The molecule has 3 aliphatic rings. The third kappa shape index (κ3) is 4.62. The third-order valence-electron chi connectivity index (χ3n) is 6.28. The van der Waals surface area contributed by atoms with Crippen LogP contribution in [-0.4, -0.2) is 66.4 Å². The summed E-state index contributed by atoms with van der Waals surface area (Å²) in [6.45, 7) is 8.55. The lowest BCUT2D eigenvalue weighted by Gasteiger charge is -2.43. The number of amides is 4. The largest absolute Gasteiger partial charge is 0.341 e. The Hall–Kier alpha value is -1.34. The maximum atomic E-state index is 13.2. The number of imide groups is 1. The van der Waals surface area contributed by atoms with Crippen molar-refractivity contribution in [3.8, 4) is 0 Å². The monoisotopic (exact) mass is 414 g/mol. The Morgan fingerprint density at radius 2 is 2.00 bits per heavy atom. The Bertz CT molecular complexity index is 625. The van der Waals surface area contributed by atoms with Crippen molar-refractivity contribution in [2.45, 2.75) is 58.4 Å². The molecule has 8 heteroatoms. The molecule has 3 atom stereocenters. The summed E-state index contributed by atoms with van der Waals surface area (Å²) < 4.78 is 0. The Morgan fingerprint density at radius 1 is 1.29 bits per heavy atom. The number of carbonyl (C=O) groups is 3.